The van der Waals surface area contributed by atoms with Crippen LogP contribution in [0.1, 0.15) is 242 Å². The number of carbonyl (C=O) groups is 3. The molecule has 2 unspecified atom stereocenters. The predicted molar refractivity (Wildman–Crippen MR) is 276 cm³/mol. The van der Waals surface area contributed by atoms with E-state index in [9.17, 15) is 14.4 Å². The van der Waals surface area contributed by atoms with E-state index in [1.165, 1.54) is 154 Å². The summed E-state index contributed by atoms with van der Waals surface area (Å²) in [6, 6.07) is -2.06. The molecule has 0 fully saturated rings. The van der Waals surface area contributed by atoms with Crippen LogP contribution < -0.4 is 17.2 Å². The van der Waals surface area contributed by atoms with Crippen molar-refractivity contribution in [2.24, 2.45) is 22.2 Å². The van der Waals surface area contributed by atoms with Gasteiger partial charge < -0.3 is 36.5 Å². The van der Waals surface area contributed by atoms with Crippen molar-refractivity contribution in [3.8, 4) is 0 Å². The Morgan fingerprint density at radius 2 is 0.831 bits per heavy atom. The van der Waals surface area contributed by atoms with Crippen molar-refractivity contribution in [1.82, 2.24) is 9.80 Å². The van der Waals surface area contributed by atoms with Crippen LogP contribution in [0.3, 0.4) is 0 Å². The number of esters is 2. The minimum absolute atomic E-state index is 0.0109. The summed E-state index contributed by atoms with van der Waals surface area (Å²) in [7, 11) is 0. The normalized spacial score (nSPS) is 13.4. The van der Waals surface area contributed by atoms with E-state index >= 15 is 0 Å². The summed E-state index contributed by atoms with van der Waals surface area (Å²) >= 11 is 0. The fourth-order valence-electron chi connectivity index (χ4n) is 7.58. The van der Waals surface area contributed by atoms with E-state index in [1.807, 2.05) is 4.90 Å². The number of hydrogen-bond donors (Lipinski definition) is 3. The van der Waals surface area contributed by atoms with Crippen molar-refractivity contribution >= 4 is 23.8 Å². The van der Waals surface area contributed by atoms with Crippen molar-refractivity contribution in [3.63, 3.8) is 0 Å². The van der Waals surface area contributed by atoms with E-state index in [0.29, 0.717) is 0 Å². The van der Waals surface area contributed by atoms with Gasteiger partial charge in [0.05, 0.1) is 6.54 Å². The average molecular weight is 917 g/mol. The zero-order valence-corrected chi connectivity index (χ0v) is 43.6. The molecular weight excluding hydrogens is 813 g/mol. The summed E-state index contributed by atoms with van der Waals surface area (Å²) < 4.78 is 10.9. The molecule has 65 heavy (non-hydrogen) atoms. The maximum Gasteiger partial charge on any atom is 0.325 e. The standard InChI is InChI=1S/C54H104N6O5/c1-9-11-13-15-17-19-21-23-25-27-29-31-33-35-37-39-42-59(43-40-38-36-34-32-30-28-26-24-22-20-18-16-14-12-10-2)49(61)41-44-60(46-48(56)51(63)65-54(6,7)8)52(57)58-45-47(55)50(62)64-53(3,4)5/h23-26,47-48H,9-22,27-46,55-56H2,1-8H3,(H2,57,58). The zero-order valence-electron chi connectivity index (χ0n) is 43.6. The first-order chi connectivity index (χ1) is 31.0. The van der Waals surface area contributed by atoms with Gasteiger partial charge in [-0.2, -0.15) is 0 Å². The van der Waals surface area contributed by atoms with Gasteiger partial charge in [-0.1, -0.05) is 154 Å². The summed E-state index contributed by atoms with van der Waals surface area (Å²) in [4.78, 5) is 47.4. The van der Waals surface area contributed by atoms with E-state index in [4.69, 9.17) is 26.7 Å². The van der Waals surface area contributed by atoms with Gasteiger partial charge in [-0.3, -0.25) is 19.4 Å². The van der Waals surface area contributed by atoms with Gasteiger partial charge in [0, 0.05) is 32.6 Å². The fraction of sp³-hybridized carbons (Fsp3) is 0.852. The molecular formula is C54H104N6O5. The molecule has 11 heteroatoms. The number of ether oxygens (including phenoxy) is 2. The molecule has 0 spiro atoms. The van der Waals surface area contributed by atoms with E-state index in [2.05, 4.69) is 43.1 Å². The molecule has 0 aliphatic carbocycles. The van der Waals surface area contributed by atoms with E-state index < -0.39 is 35.2 Å². The number of hydrogen-bond acceptors (Lipinski definition) is 8. The lowest BCUT2D eigenvalue weighted by atomic mass is 10.1. The highest BCUT2D eigenvalue weighted by atomic mass is 16.6. The second-order valence-electron chi connectivity index (χ2n) is 20.4. The molecule has 0 bridgehead atoms. The highest BCUT2D eigenvalue weighted by Crippen LogP contribution is 2.15. The fourth-order valence-corrected chi connectivity index (χ4v) is 7.58. The number of nitrogens with two attached hydrogens (primary N) is 3. The van der Waals surface area contributed by atoms with Crippen LogP contribution in [-0.2, 0) is 23.9 Å². The van der Waals surface area contributed by atoms with Crippen LogP contribution >= 0.6 is 0 Å². The molecule has 0 saturated carbocycles. The molecule has 0 aromatic carbocycles. The lowest BCUT2D eigenvalue weighted by molar-refractivity contribution is -0.157. The SMILES string of the molecule is CCCCCCCCC=CCCCCCCCCN(CCCCCCCCC=CCCCCCCCC)C(=O)CCN(CC(N)C(=O)OC(C)(C)C)C(N)=NCC(N)C(=O)OC(C)(C)C. The Morgan fingerprint density at radius 3 is 1.20 bits per heavy atom. The molecule has 2 atom stereocenters. The number of unbranched alkanes of at least 4 members (excludes halogenated alkanes) is 24. The van der Waals surface area contributed by atoms with Crippen molar-refractivity contribution in [3.05, 3.63) is 24.3 Å². The van der Waals surface area contributed by atoms with Gasteiger partial charge in [-0.25, -0.2) is 0 Å². The van der Waals surface area contributed by atoms with Gasteiger partial charge >= 0.3 is 11.9 Å². The molecule has 380 valence electrons. The minimum atomic E-state index is -1.03. The van der Waals surface area contributed by atoms with Crippen LogP contribution in [0.15, 0.2) is 29.3 Å². The highest BCUT2D eigenvalue weighted by molar-refractivity contribution is 5.83. The summed E-state index contributed by atoms with van der Waals surface area (Å²) in [5, 5.41) is 0. The summed E-state index contributed by atoms with van der Waals surface area (Å²) in [6.45, 7) is 16.7. The van der Waals surface area contributed by atoms with Crippen LogP contribution in [0.2, 0.25) is 0 Å². The quantitative estimate of drug-likeness (QED) is 0.0178. The van der Waals surface area contributed by atoms with Crippen molar-refractivity contribution < 1.29 is 23.9 Å². The maximum absolute atomic E-state index is 14.0. The van der Waals surface area contributed by atoms with Gasteiger partial charge in [-0.05, 0) is 106 Å². The number of nitrogens with zero attached hydrogens (tertiary/aromatic N) is 3. The van der Waals surface area contributed by atoms with Crippen molar-refractivity contribution in [2.75, 3.05) is 32.7 Å². The van der Waals surface area contributed by atoms with Gasteiger partial charge in [0.1, 0.15) is 23.3 Å². The van der Waals surface area contributed by atoms with Gasteiger partial charge in [-0.15, -0.1) is 0 Å². The molecule has 11 nitrogen and oxygen atoms in total. The van der Waals surface area contributed by atoms with Gasteiger partial charge in [0.25, 0.3) is 0 Å². The molecule has 0 aliphatic rings. The highest BCUT2D eigenvalue weighted by Gasteiger charge is 2.27. The molecule has 0 aliphatic heterocycles. The largest absolute Gasteiger partial charge is 0.459 e. The number of rotatable bonds is 41. The maximum atomic E-state index is 14.0. The first kappa shape index (κ1) is 62.1. The monoisotopic (exact) mass is 917 g/mol. The van der Waals surface area contributed by atoms with E-state index in [1.54, 1.807) is 46.4 Å². The lowest BCUT2D eigenvalue weighted by Crippen LogP contribution is -2.51. The Hall–Kier alpha value is -2.92. The number of amides is 1. The molecule has 0 aromatic rings. The Labute approximate surface area is 400 Å². The molecule has 0 heterocycles. The van der Waals surface area contributed by atoms with E-state index in [-0.39, 0.29) is 37.9 Å². The van der Waals surface area contributed by atoms with Crippen LogP contribution in [-0.4, -0.2) is 89.6 Å². The van der Waals surface area contributed by atoms with E-state index in [0.717, 1.165) is 38.8 Å². The van der Waals surface area contributed by atoms with Crippen LogP contribution in [0.25, 0.3) is 0 Å². The Balaban J connectivity index is 5.31. The molecule has 0 aromatic heterocycles. The third-order valence-corrected chi connectivity index (χ3v) is 11.4. The number of allylic oxidation sites excluding steroid dienone is 4. The Morgan fingerprint density at radius 1 is 0.492 bits per heavy atom. The minimum Gasteiger partial charge on any atom is -0.459 e. The van der Waals surface area contributed by atoms with Gasteiger partial charge in [0.15, 0.2) is 5.96 Å². The van der Waals surface area contributed by atoms with Crippen LogP contribution in [0, 0.1) is 0 Å². The number of guanidine groups is 1. The number of aliphatic imine (C=N–C) groups is 1. The molecule has 1 amide bonds. The molecule has 0 rings (SSSR count). The topological polar surface area (TPSA) is 167 Å². The van der Waals surface area contributed by atoms with Crippen molar-refractivity contribution in [1.29, 1.82) is 0 Å². The van der Waals surface area contributed by atoms with Crippen molar-refractivity contribution in [2.45, 2.75) is 265 Å². The first-order valence-corrected chi connectivity index (χ1v) is 26.6. The second kappa shape index (κ2) is 40.2. The second-order valence-corrected chi connectivity index (χ2v) is 20.4. The summed E-state index contributed by atoms with van der Waals surface area (Å²) in [5.41, 5.74) is 17.5. The lowest BCUT2D eigenvalue weighted by Gasteiger charge is -2.29. The molecule has 6 N–H and O–H groups in total. The smallest absolute Gasteiger partial charge is 0.325 e. The summed E-state index contributed by atoms with van der Waals surface area (Å²) in [6.07, 6.45) is 44.5. The molecule has 0 radical (unpaired) electrons. The number of carbonyl (C=O) groups excluding carboxylic acids is 3. The van der Waals surface area contributed by atoms with Crippen LogP contribution in [0.5, 0.6) is 0 Å². The Kier molecular flexibility index (Phi) is 38.4. The average Bonchev–Trinajstić information content (AvgIpc) is 3.24. The van der Waals surface area contributed by atoms with Crippen LogP contribution in [0.4, 0.5) is 0 Å². The third-order valence-electron chi connectivity index (χ3n) is 11.4. The summed E-state index contributed by atoms with van der Waals surface area (Å²) in [5.74, 6) is -1.08. The van der Waals surface area contributed by atoms with Gasteiger partial charge in [0.2, 0.25) is 5.91 Å². The Bertz CT molecular complexity index is 1230. The first-order valence-electron chi connectivity index (χ1n) is 26.6. The third kappa shape index (κ3) is 39.9. The molecule has 0 saturated heterocycles. The zero-order chi connectivity index (χ0) is 48.6. The predicted octanol–water partition coefficient (Wildman–Crippen LogP) is 12.2.